The molecule has 2 atom stereocenters. The Labute approximate surface area is 204 Å². The highest BCUT2D eigenvalue weighted by Gasteiger charge is 2.45. The minimum atomic E-state index is -0.246. The fourth-order valence-electron chi connectivity index (χ4n) is 5.07. The van der Waals surface area contributed by atoms with Crippen LogP contribution in [0.4, 0.5) is 17.6 Å². The molecule has 6 rings (SSSR count). The number of anilines is 3. The van der Waals surface area contributed by atoms with Crippen LogP contribution in [0.25, 0.3) is 0 Å². The Bertz CT molecular complexity index is 1190. The van der Waals surface area contributed by atoms with E-state index in [-0.39, 0.29) is 17.9 Å². The van der Waals surface area contributed by atoms with Gasteiger partial charge in [0.2, 0.25) is 11.9 Å². The number of nitrogens with zero attached hydrogens (tertiary/aromatic N) is 4. The van der Waals surface area contributed by atoms with Gasteiger partial charge in [-0.3, -0.25) is 4.79 Å². The zero-order valence-corrected chi connectivity index (χ0v) is 19.5. The first kappa shape index (κ1) is 21.8. The molecular formula is C26H29N7O2. The molecule has 0 aliphatic carbocycles. The van der Waals surface area contributed by atoms with E-state index in [4.69, 9.17) is 14.7 Å². The predicted molar refractivity (Wildman–Crippen MR) is 134 cm³/mol. The Balaban J connectivity index is 1.33. The van der Waals surface area contributed by atoms with E-state index in [1.165, 1.54) is 5.56 Å². The smallest absolute Gasteiger partial charge is 0.229 e. The maximum absolute atomic E-state index is 13.6. The number of hydrogen-bond donors (Lipinski definition) is 3. The maximum Gasteiger partial charge on any atom is 0.229 e. The van der Waals surface area contributed by atoms with Crippen molar-refractivity contribution >= 4 is 23.5 Å². The van der Waals surface area contributed by atoms with Crippen LogP contribution in [0.2, 0.25) is 0 Å². The van der Waals surface area contributed by atoms with Gasteiger partial charge in [-0.05, 0) is 11.1 Å². The van der Waals surface area contributed by atoms with Crippen LogP contribution in [-0.2, 0) is 22.6 Å². The average Bonchev–Trinajstić information content (AvgIpc) is 3.35. The lowest BCUT2D eigenvalue weighted by Gasteiger charge is -2.40. The molecule has 0 radical (unpaired) electrons. The van der Waals surface area contributed by atoms with Crippen LogP contribution in [-0.4, -0.2) is 53.6 Å². The molecule has 9 heteroatoms. The van der Waals surface area contributed by atoms with E-state index < -0.39 is 0 Å². The Hall–Kier alpha value is -3.69. The van der Waals surface area contributed by atoms with Gasteiger partial charge in [-0.25, -0.2) is 5.43 Å². The number of carbonyl (C=O) groups excluding carboxylic acids is 1. The zero-order valence-electron chi connectivity index (χ0n) is 19.5. The van der Waals surface area contributed by atoms with Crippen molar-refractivity contribution < 1.29 is 9.53 Å². The summed E-state index contributed by atoms with van der Waals surface area (Å²) in [5.41, 5.74) is 9.86. The van der Waals surface area contributed by atoms with E-state index in [9.17, 15) is 4.79 Å². The van der Waals surface area contributed by atoms with Crippen LogP contribution in [0.15, 0.2) is 60.7 Å². The van der Waals surface area contributed by atoms with Crippen LogP contribution < -0.4 is 21.1 Å². The second-order valence-electron chi connectivity index (χ2n) is 9.13. The van der Waals surface area contributed by atoms with Gasteiger partial charge in [0.1, 0.15) is 5.82 Å². The van der Waals surface area contributed by atoms with Gasteiger partial charge in [0.05, 0.1) is 30.7 Å². The zero-order chi connectivity index (χ0) is 23.6. The van der Waals surface area contributed by atoms with Crippen molar-refractivity contribution in [3.63, 3.8) is 0 Å². The van der Waals surface area contributed by atoms with Gasteiger partial charge in [0.25, 0.3) is 0 Å². The normalized spacial score (nSPS) is 20.8. The van der Waals surface area contributed by atoms with E-state index in [0.717, 1.165) is 22.8 Å². The fourth-order valence-corrected chi connectivity index (χ4v) is 5.07. The molecule has 2 unspecified atom stereocenters. The van der Waals surface area contributed by atoms with Crippen LogP contribution in [0.3, 0.4) is 0 Å². The number of hydrazine groups is 1. The van der Waals surface area contributed by atoms with Crippen molar-refractivity contribution in [2.24, 2.45) is 5.92 Å². The molecule has 3 aromatic rings. The number of ether oxygens (including phenoxy) is 1. The van der Waals surface area contributed by atoms with Crippen molar-refractivity contribution in [2.45, 2.75) is 19.1 Å². The Morgan fingerprint density at radius 2 is 1.71 bits per heavy atom. The van der Waals surface area contributed by atoms with Gasteiger partial charge in [0, 0.05) is 32.7 Å². The van der Waals surface area contributed by atoms with Gasteiger partial charge in [-0.1, -0.05) is 60.7 Å². The molecule has 35 heavy (non-hydrogen) atoms. The second kappa shape index (κ2) is 9.52. The first-order chi connectivity index (χ1) is 17.3. The number of amides is 1. The number of rotatable bonds is 6. The lowest BCUT2D eigenvalue weighted by molar-refractivity contribution is -0.140. The first-order valence-electron chi connectivity index (χ1n) is 12.1. The Kier molecular flexibility index (Phi) is 5.93. The number of hydrogen-bond acceptors (Lipinski definition) is 8. The molecule has 0 saturated carbocycles. The Morgan fingerprint density at radius 1 is 1.00 bits per heavy atom. The molecule has 3 aliphatic heterocycles. The summed E-state index contributed by atoms with van der Waals surface area (Å²) in [4.78, 5) is 27.4. The highest BCUT2D eigenvalue weighted by molar-refractivity contribution is 5.84. The molecule has 1 amide bonds. The largest absolute Gasteiger partial charge is 0.378 e. The average molecular weight is 472 g/mol. The SMILES string of the molecule is O=C(C1CN(Cc2ccccc2)c2nc(NCc3ccccc3)nc3c2C1NN3)N1CCOCC1. The first-order valence-corrected chi connectivity index (χ1v) is 12.1. The van der Waals surface area contributed by atoms with Crippen molar-refractivity contribution in [2.75, 3.05) is 48.5 Å². The van der Waals surface area contributed by atoms with Gasteiger partial charge in [0.15, 0.2) is 5.82 Å². The number of carbonyl (C=O) groups is 1. The summed E-state index contributed by atoms with van der Waals surface area (Å²) >= 11 is 0. The third-order valence-corrected chi connectivity index (χ3v) is 6.85. The predicted octanol–water partition coefficient (Wildman–Crippen LogP) is 2.56. The highest BCUT2D eigenvalue weighted by atomic mass is 16.5. The summed E-state index contributed by atoms with van der Waals surface area (Å²) < 4.78 is 5.47. The summed E-state index contributed by atoms with van der Waals surface area (Å²) in [6.07, 6.45) is 0. The topological polar surface area (TPSA) is 94.7 Å². The lowest BCUT2D eigenvalue weighted by atomic mass is 9.88. The minimum Gasteiger partial charge on any atom is -0.378 e. The van der Waals surface area contributed by atoms with Crippen LogP contribution >= 0.6 is 0 Å². The Morgan fingerprint density at radius 3 is 2.46 bits per heavy atom. The molecule has 2 aromatic carbocycles. The van der Waals surface area contributed by atoms with Crippen molar-refractivity contribution in [1.29, 1.82) is 0 Å². The molecule has 1 fully saturated rings. The van der Waals surface area contributed by atoms with Gasteiger partial charge < -0.3 is 25.3 Å². The van der Waals surface area contributed by atoms with E-state index in [2.05, 4.69) is 45.3 Å². The quantitative estimate of drug-likeness (QED) is 0.505. The summed E-state index contributed by atoms with van der Waals surface area (Å²) in [7, 11) is 0. The van der Waals surface area contributed by atoms with Crippen LogP contribution in [0, 0.1) is 5.92 Å². The molecule has 9 nitrogen and oxygen atoms in total. The van der Waals surface area contributed by atoms with E-state index in [1.807, 2.05) is 41.3 Å². The second-order valence-corrected chi connectivity index (χ2v) is 9.13. The molecule has 3 aliphatic rings. The standard InChI is InChI=1S/C26H29N7O2/c34-25(32-11-13-35-14-12-32)20-17-33(16-19-9-5-2-6-10-19)24-21-22(20)30-31-23(21)28-26(29-24)27-15-18-7-3-1-4-8-18/h1-10,20,22,30H,11-17H2,(H2,27,28,29,31). The lowest BCUT2D eigenvalue weighted by Crippen LogP contribution is -2.51. The highest BCUT2D eigenvalue weighted by Crippen LogP contribution is 2.44. The third kappa shape index (κ3) is 4.40. The molecule has 4 heterocycles. The summed E-state index contributed by atoms with van der Waals surface area (Å²) in [6, 6.07) is 20.3. The van der Waals surface area contributed by atoms with Gasteiger partial charge in [-0.15, -0.1) is 0 Å². The van der Waals surface area contributed by atoms with Crippen LogP contribution in [0.1, 0.15) is 22.7 Å². The molecule has 0 spiro atoms. The minimum absolute atomic E-state index is 0.149. The molecule has 3 N–H and O–H groups in total. The maximum atomic E-state index is 13.6. The number of aromatic nitrogens is 2. The van der Waals surface area contributed by atoms with Crippen molar-refractivity contribution in [3.8, 4) is 0 Å². The summed E-state index contributed by atoms with van der Waals surface area (Å²) in [6.45, 7) is 4.31. The fraction of sp³-hybridized carbons (Fsp3) is 0.346. The summed E-state index contributed by atoms with van der Waals surface area (Å²) in [5.74, 6) is 2.06. The van der Waals surface area contributed by atoms with E-state index >= 15 is 0 Å². The molecule has 180 valence electrons. The number of morpholine rings is 1. The number of nitrogens with one attached hydrogen (secondary N) is 3. The molecular weight excluding hydrogens is 442 g/mol. The van der Waals surface area contributed by atoms with E-state index in [1.54, 1.807) is 0 Å². The molecule has 1 saturated heterocycles. The monoisotopic (exact) mass is 471 g/mol. The van der Waals surface area contributed by atoms with Gasteiger partial charge >= 0.3 is 0 Å². The van der Waals surface area contributed by atoms with Crippen molar-refractivity contribution in [3.05, 3.63) is 77.4 Å². The van der Waals surface area contributed by atoms with E-state index in [0.29, 0.717) is 51.9 Å². The van der Waals surface area contributed by atoms with Crippen molar-refractivity contribution in [1.82, 2.24) is 20.3 Å². The molecule has 1 aromatic heterocycles. The third-order valence-electron chi connectivity index (χ3n) is 6.85. The number of benzene rings is 2. The van der Waals surface area contributed by atoms with Gasteiger partial charge in [-0.2, -0.15) is 9.97 Å². The van der Waals surface area contributed by atoms with Crippen LogP contribution in [0.5, 0.6) is 0 Å². The molecule has 0 bridgehead atoms. The summed E-state index contributed by atoms with van der Waals surface area (Å²) in [5, 5.41) is 3.37.